The zero-order valence-electron chi connectivity index (χ0n) is 11.1. The van der Waals surface area contributed by atoms with Crippen molar-refractivity contribution in [3.05, 3.63) is 58.0 Å². The number of oxazole rings is 1. The third kappa shape index (κ3) is 2.87. The monoisotopic (exact) mass is 304 g/mol. The van der Waals surface area contributed by atoms with E-state index in [-0.39, 0.29) is 0 Å². The first-order valence-electron chi connectivity index (χ1n) is 6.41. The molecule has 108 valence electrons. The summed E-state index contributed by atoms with van der Waals surface area (Å²) in [6, 6.07) is 12.2. The van der Waals surface area contributed by atoms with Crippen LogP contribution in [-0.4, -0.2) is 11.2 Å². The molecule has 0 amide bonds. The van der Waals surface area contributed by atoms with Gasteiger partial charge in [0.25, 0.3) is 0 Å². The lowest BCUT2D eigenvalue weighted by atomic mass is 10.3. The SMILES string of the molecule is Nc1cccc(OCCn2c(=O)oc3ccc(Cl)cc32)c1. The second-order valence-corrected chi connectivity index (χ2v) is 4.99. The highest BCUT2D eigenvalue weighted by Crippen LogP contribution is 2.19. The summed E-state index contributed by atoms with van der Waals surface area (Å²) < 4.78 is 12.2. The second kappa shape index (κ2) is 5.54. The molecular formula is C15H13ClN2O3. The molecule has 0 saturated heterocycles. The molecule has 1 heterocycles. The molecule has 5 nitrogen and oxygen atoms in total. The maximum atomic E-state index is 11.8. The van der Waals surface area contributed by atoms with Crippen LogP contribution in [0.4, 0.5) is 5.69 Å². The molecule has 0 fully saturated rings. The summed E-state index contributed by atoms with van der Waals surface area (Å²) >= 11 is 5.95. The third-order valence-electron chi connectivity index (χ3n) is 3.07. The van der Waals surface area contributed by atoms with Crippen molar-refractivity contribution in [1.82, 2.24) is 4.57 Å². The summed E-state index contributed by atoms with van der Waals surface area (Å²) in [6.07, 6.45) is 0. The molecule has 0 saturated carbocycles. The van der Waals surface area contributed by atoms with Gasteiger partial charge in [-0.15, -0.1) is 0 Å². The van der Waals surface area contributed by atoms with Crippen LogP contribution >= 0.6 is 11.6 Å². The first kappa shape index (κ1) is 13.6. The van der Waals surface area contributed by atoms with Gasteiger partial charge in [-0.3, -0.25) is 4.57 Å². The van der Waals surface area contributed by atoms with Crippen molar-refractivity contribution in [2.24, 2.45) is 0 Å². The topological polar surface area (TPSA) is 70.4 Å². The van der Waals surface area contributed by atoms with E-state index in [2.05, 4.69) is 0 Å². The molecule has 3 rings (SSSR count). The lowest BCUT2D eigenvalue weighted by Crippen LogP contribution is -2.18. The molecule has 0 atom stereocenters. The van der Waals surface area contributed by atoms with Crippen LogP contribution in [-0.2, 0) is 6.54 Å². The third-order valence-corrected chi connectivity index (χ3v) is 3.31. The van der Waals surface area contributed by atoms with Crippen LogP contribution in [0.15, 0.2) is 51.7 Å². The minimum atomic E-state index is -0.427. The summed E-state index contributed by atoms with van der Waals surface area (Å²) in [5, 5.41) is 0.550. The predicted octanol–water partition coefficient (Wildman–Crippen LogP) is 2.91. The van der Waals surface area contributed by atoms with E-state index in [4.69, 9.17) is 26.5 Å². The maximum absolute atomic E-state index is 11.8. The molecule has 0 aliphatic rings. The van der Waals surface area contributed by atoms with E-state index in [0.717, 1.165) is 0 Å². The Kier molecular flexibility index (Phi) is 3.58. The summed E-state index contributed by atoms with van der Waals surface area (Å²) in [5.41, 5.74) is 7.47. The number of ether oxygens (including phenoxy) is 1. The number of hydrogen-bond donors (Lipinski definition) is 1. The molecule has 0 bridgehead atoms. The van der Waals surface area contributed by atoms with Gasteiger partial charge in [-0.1, -0.05) is 17.7 Å². The fourth-order valence-electron chi connectivity index (χ4n) is 2.11. The van der Waals surface area contributed by atoms with Crippen LogP contribution in [0.2, 0.25) is 5.02 Å². The van der Waals surface area contributed by atoms with Crippen molar-refractivity contribution in [3.8, 4) is 5.75 Å². The fraction of sp³-hybridized carbons (Fsp3) is 0.133. The maximum Gasteiger partial charge on any atom is 0.420 e. The second-order valence-electron chi connectivity index (χ2n) is 4.55. The van der Waals surface area contributed by atoms with Gasteiger partial charge in [0.05, 0.1) is 12.1 Å². The van der Waals surface area contributed by atoms with Crippen molar-refractivity contribution < 1.29 is 9.15 Å². The minimum Gasteiger partial charge on any atom is -0.492 e. The molecule has 3 aromatic rings. The van der Waals surface area contributed by atoms with Crippen molar-refractivity contribution in [2.75, 3.05) is 12.3 Å². The van der Waals surface area contributed by atoms with E-state index in [0.29, 0.717) is 40.7 Å². The van der Waals surface area contributed by atoms with E-state index in [1.54, 1.807) is 30.3 Å². The van der Waals surface area contributed by atoms with Gasteiger partial charge in [-0.25, -0.2) is 4.79 Å². The predicted molar refractivity (Wildman–Crippen MR) is 81.8 cm³/mol. The van der Waals surface area contributed by atoms with Crippen LogP contribution in [0.1, 0.15) is 0 Å². The molecule has 0 unspecified atom stereocenters. The zero-order valence-corrected chi connectivity index (χ0v) is 11.8. The lowest BCUT2D eigenvalue weighted by Gasteiger charge is -2.07. The largest absolute Gasteiger partial charge is 0.492 e. The zero-order chi connectivity index (χ0) is 14.8. The smallest absolute Gasteiger partial charge is 0.420 e. The summed E-state index contributed by atoms with van der Waals surface area (Å²) in [4.78, 5) is 11.8. The molecule has 0 radical (unpaired) electrons. The number of hydrogen-bond acceptors (Lipinski definition) is 4. The highest BCUT2D eigenvalue weighted by Gasteiger charge is 2.09. The molecule has 2 aromatic carbocycles. The summed E-state index contributed by atoms with van der Waals surface area (Å²) in [5.74, 6) is 0.234. The lowest BCUT2D eigenvalue weighted by molar-refractivity contribution is 0.294. The van der Waals surface area contributed by atoms with Gasteiger partial charge in [0.2, 0.25) is 0 Å². The Labute approximate surface area is 125 Å². The molecule has 6 heteroatoms. The molecule has 1 aromatic heterocycles. The van der Waals surface area contributed by atoms with Crippen molar-refractivity contribution in [2.45, 2.75) is 6.54 Å². The molecule has 2 N–H and O–H groups in total. The van der Waals surface area contributed by atoms with Crippen LogP contribution in [0.25, 0.3) is 11.1 Å². The number of nitrogens with two attached hydrogens (primary N) is 1. The number of benzene rings is 2. The number of rotatable bonds is 4. The Bertz CT molecular complexity index is 838. The Hall–Kier alpha value is -2.40. The van der Waals surface area contributed by atoms with E-state index < -0.39 is 5.76 Å². The van der Waals surface area contributed by atoms with Crippen molar-refractivity contribution >= 4 is 28.4 Å². The normalized spacial score (nSPS) is 10.9. The van der Waals surface area contributed by atoms with E-state index in [1.807, 2.05) is 12.1 Å². The standard InChI is InChI=1S/C15H13ClN2O3/c16-10-4-5-14-13(8-10)18(15(19)21-14)6-7-20-12-3-1-2-11(17)9-12/h1-5,8-9H,6-7,17H2. The number of anilines is 1. The number of aromatic nitrogens is 1. The van der Waals surface area contributed by atoms with Crippen molar-refractivity contribution in [1.29, 1.82) is 0 Å². The molecule has 0 aliphatic carbocycles. The van der Waals surface area contributed by atoms with Crippen LogP contribution in [0.3, 0.4) is 0 Å². The highest BCUT2D eigenvalue weighted by atomic mass is 35.5. The van der Waals surface area contributed by atoms with Crippen molar-refractivity contribution in [3.63, 3.8) is 0 Å². The quantitative estimate of drug-likeness (QED) is 0.752. The first-order chi connectivity index (χ1) is 10.1. The van der Waals surface area contributed by atoms with Gasteiger partial charge < -0.3 is 14.9 Å². The Balaban J connectivity index is 1.78. The van der Waals surface area contributed by atoms with E-state index >= 15 is 0 Å². The first-order valence-corrected chi connectivity index (χ1v) is 6.78. The van der Waals surface area contributed by atoms with Gasteiger partial charge in [0.1, 0.15) is 12.4 Å². The Morgan fingerprint density at radius 1 is 1.24 bits per heavy atom. The van der Waals surface area contributed by atoms with E-state index in [9.17, 15) is 4.79 Å². The average molecular weight is 305 g/mol. The van der Waals surface area contributed by atoms with Gasteiger partial charge in [0, 0.05) is 16.8 Å². The number of nitrogen functional groups attached to an aromatic ring is 1. The Morgan fingerprint density at radius 2 is 2.10 bits per heavy atom. The molecule has 0 aliphatic heterocycles. The van der Waals surface area contributed by atoms with E-state index in [1.165, 1.54) is 4.57 Å². The average Bonchev–Trinajstić information content (AvgIpc) is 2.75. The molecule has 0 spiro atoms. The molecular weight excluding hydrogens is 292 g/mol. The van der Waals surface area contributed by atoms with Gasteiger partial charge in [-0.2, -0.15) is 0 Å². The number of fused-ring (bicyclic) bond motifs is 1. The van der Waals surface area contributed by atoms with Gasteiger partial charge in [-0.05, 0) is 30.3 Å². The van der Waals surface area contributed by atoms with Gasteiger partial charge in [0.15, 0.2) is 5.58 Å². The summed E-state index contributed by atoms with van der Waals surface area (Å²) in [7, 11) is 0. The fourth-order valence-corrected chi connectivity index (χ4v) is 2.27. The molecule has 21 heavy (non-hydrogen) atoms. The minimum absolute atomic E-state index is 0.324. The summed E-state index contributed by atoms with van der Waals surface area (Å²) in [6.45, 7) is 0.686. The van der Waals surface area contributed by atoms with Crippen LogP contribution in [0.5, 0.6) is 5.75 Å². The van der Waals surface area contributed by atoms with Gasteiger partial charge >= 0.3 is 5.76 Å². The van der Waals surface area contributed by atoms with Crippen LogP contribution < -0.4 is 16.2 Å². The number of nitrogens with zero attached hydrogens (tertiary/aromatic N) is 1. The Morgan fingerprint density at radius 3 is 2.90 bits per heavy atom. The van der Waals surface area contributed by atoms with Crippen LogP contribution in [0, 0.1) is 0 Å². The number of halogens is 1. The highest BCUT2D eigenvalue weighted by molar-refractivity contribution is 6.31.